The Balaban J connectivity index is 2.08. The highest BCUT2D eigenvalue weighted by Crippen LogP contribution is 2.23. The largest absolute Gasteiger partial charge is 0.497 e. The molecule has 0 fully saturated rings. The molecule has 2 aromatic rings. The maximum atomic E-state index is 13.3. The quantitative estimate of drug-likeness (QED) is 0.312. The molecule has 2 aromatic carbocycles. The van der Waals surface area contributed by atoms with Crippen LogP contribution in [0.1, 0.15) is 52.5 Å². The molecule has 7 heteroatoms. The van der Waals surface area contributed by atoms with Crippen LogP contribution in [0.3, 0.4) is 0 Å². The molecule has 0 aliphatic rings. The lowest BCUT2D eigenvalue weighted by Gasteiger charge is -2.33. The molecule has 0 saturated heterocycles. The molecule has 0 heterocycles. The van der Waals surface area contributed by atoms with Crippen LogP contribution in [0.2, 0.25) is 5.02 Å². The molecule has 5 nitrogen and oxygen atoms in total. The minimum absolute atomic E-state index is 0.0153. The lowest BCUT2D eigenvalue weighted by Crippen LogP contribution is -2.53. The van der Waals surface area contributed by atoms with Gasteiger partial charge in [-0.25, -0.2) is 0 Å². The lowest BCUT2D eigenvalue weighted by atomic mass is 10.0. The third-order valence-electron chi connectivity index (χ3n) is 5.01. The third-order valence-corrected chi connectivity index (χ3v) is 6.36. The van der Waals surface area contributed by atoms with Crippen LogP contribution in [0.5, 0.6) is 5.75 Å². The monoisotopic (exact) mass is 490 g/mol. The first kappa shape index (κ1) is 27.1. The summed E-state index contributed by atoms with van der Waals surface area (Å²) in [5.74, 6) is 1.43. The minimum Gasteiger partial charge on any atom is -0.497 e. The molecule has 1 N–H and O–H groups in total. The summed E-state index contributed by atoms with van der Waals surface area (Å²) in [5.41, 5.74) is 0.593. The first-order valence-electron chi connectivity index (χ1n) is 11.3. The number of nitrogens with one attached hydrogen (secondary N) is 1. The fraction of sp³-hybridized carbons (Fsp3) is 0.462. The second kappa shape index (κ2) is 12.9. The van der Waals surface area contributed by atoms with Crippen LogP contribution in [-0.2, 0) is 16.1 Å². The van der Waals surface area contributed by atoms with Crippen molar-refractivity contribution < 1.29 is 14.3 Å². The van der Waals surface area contributed by atoms with E-state index in [1.54, 1.807) is 23.8 Å². The third kappa shape index (κ3) is 9.30. The second-order valence-electron chi connectivity index (χ2n) is 8.94. The van der Waals surface area contributed by atoms with Crippen LogP contribution < -0.4 is 10.1 Å². The second-order valence-corrected chi connectivity index (χ2v) is 10.5. The van der Waals surface area contributed by atoms with Crippen LogP contribution in [0.25, 0.3) is 0 Å². The number of ether oxygens (including phenoxy) is 1. The van der Waals surface area contributed by atoms with E-state index in [0.29, 0.717) is 24.4 Å². The van der Waals surface area contributed by atoms with Crippen molar-refractivity contribution in [2.45, 2.75) is 70.0 Å². The summed E-state index contributed by atoms with van der Waals surface area (Å²) < 4.78 is 5.24. The van der Waals surface area contributed by atoms with Gasteiger partial charge < -0.3 is 15.0 Å². The summed E-state index contributed by atoms with van der Waals surface area (Å²) in [6.07, 6.45) is 1.65. The van der Waals surface area contributed by atoms with E-state index in [1.165, 1.54) is 0 Å². The van der Waals surface area contributed by atoms with Gasteiger partial charge in [0.1, 0.15) is 11.8 Å². The SMILES string of the molecule is CC[C@H](C(=O)NC(C)(C)C)N(Cc1ccc(OC)cc1)C(=O)CCCSc1ccc(Cl)cc1. The van der Waals surface area contributed by atoms with Gasteiger partial charge in [0.2, 0.25) is 11.8 Å². The topological polar surface area (TPSA) is 58.6 Å². The van der Waals surface area contributed by atoms with E-state index >= 15 is 0 Å². The summed E-state index contributed by atoms with van der Waals surface area (Å²) in [7, 11) is 1.62. The zero-order chi connectivity index (χ0) is 24.4. The molecular formula is C26H35ClN2O3S. The molecule has 0 aliphatic carbocycles. The molecule has 1 atom stereocenters. The zero-order valence-electron chi connectivity index (χ0n) is 20.2. The van der Waals surface area contributed by atoms with Crippen molar-refractivity contribution in [3.05, 3.63) is 59.1 Å². The predicted octanol–water partition coefficient (Wildman–Crippen LogP) is 5.94. The van der Waals surface area contributed by atoms with Gasteiger partial charge in [-0.05, 0) is 81.3 Å². The number of nitrogens with zero attached hydrogens (tertiary/aromatic N) is 1. The standard InChI is InChI=1S/C26H35ClN2O3S/c1-6-23(25(31)28-26(2,3)4)29(18-19-9-13-21(32-5)14-10-19)24(30)8-7-17-33-22-15-11-20(27)12-16-22/h9-16,23H,6-8,17-18H2,1-5H3,(H,28,31)/t23-/m1/s1. The summed E-state index contributed by atoms with van der Waals surface area (Å²) in [5, 5.41) is 3.75. The van der Waals surface area contributed by atoms with Gasteiger partial charge in [-0.15, -0.1) is 11.8 Å². The Hall–Kier alpha value is -2.18. The van der Waals surface area contributed by atoms with Gasteiger partial charge in [0.25, 0.3) is 0 Å². The van der Waals surface area contributed by atoms with Crippen molar-refractivity contribution in [1.29, 1.82) is 0 Å². The van der Waals surface area contributed by atoms with E-state index in [9.17, 15) is 9.59 Å². The van der Waals surface area contributed by atoms with Crippen molar-refractivity contribution in [2.24, 2.45) is 0 Å². The fourth-order valence-electron chi connectivity index (χ4n) is 3.39. The van der Waals surface area contributed by atoms with Crippen LogP contribution >= 0.6 is 23.4 Å². The highest BCUT2D eigenvalue weighted by Gasteiger charge is 2.30. The molecular weight excluding hydrogens is 456 g/mol. The Bertz CT molecular complexity index is 895. The molecule has 0 bridgehead atoms. The highest BCUT2D eigenvalue weighted by molar-refractivity contribution is 7.99. The maximum Gasteiger partial charge on any atom is 0.243 e. The summed E-state index contributed by atoms with van der Waals surface area (Å²) in [6, 6.07) is 14.8. The molecule has 2 rings (SSSR count). The van der Waals surface area contributed by atoms with Gasteiger partial charge in [0.15, 0.2) is 0 Å². The Morgan fingerprint density at radius 1 is 1.09 bits per heavy atom. The van der Waals surface area contributed by atoms with E-state index in [1.807, 2.05) is 76.2 Å². The van der Waals surface area contributed by atoms with Gasteiger partial charge in [-0.3, -0.25) is 9.59 Å². The highest BCUT2D eigenvalue weighted by atomic mass is 35.5. The zero-order valence-corrected chi connectivity index (χ0v) is 21.8. The van der Waals surface area contributed by atoms with E-state index in [2.05, 4.69) is 5.32 Å². The number of rotatable bonds is 11. The van der Waals surface area contributed by atoms with Crippen LogP contribution in [0.4, 0.5) is 0 Å². The Morgan fingerprint density at radius 2 is 1.73 bits per heavy atom. The number of carbonyl (C=O) groups is 2. The molecule has 180 valence electrons. The summed E-state index contributed by atoms with van der Waals surface area (Å²) in [6.45, 7) is 8.16. The summed E-state index contributed by atoms with van der Waals surface area (Å²) in [4.78, 5) is 29.2. The van der Waals surface area contributed by atoms with Gasteiger partial charge >= 0.3 is 0 Å². The number of benzene rings is 2. The smallest absolute Gasteiger partial charge is 0.243 e. The van der Waals surface area contributed by atoms with Gasteiger partial charge in [-0.1, -0.05) is 30.7 Å². The molecule has 0 radical (unpaired) electrons. The maximum absolute atomic E-state index is 13.3. The van der Waals surface area contributed by atoms with Crippen LogP contribution in [0, 0.1) is 0 Å². The van der Waals surface area contributed by atoms with Crippen molar-refractivity contribution in [1.82, 2.24) is 10.2 Å². The number of methoxy groups -OCH3 is 1. The number of thioether (sulfide) groups is 1. The Kier molecular flexibility index (Phi) is 10.6. The normalized spacial score (nSPS) is 12.2. The van der Waals surface area contributed by atoms with Crippen molar-refractivity contribution in [3.8, 4) is 5.75 Å². The Labute approximate surface area is 207 Å². The average Bonchev–Trinajstić information content (AvgIpc) is 2.77. The molecule has 0 unspecified atom stereocenters. The number of hydrogen-bond acceptors (Lipinski definition) is 4. The van der Waals surface area contributed by atoms with E-state index in [4.69, 9.17) is 16.3 Å². The average molecular weight is 491 g/mol. The number of hydrogen-bond donors (Lipinski definition) is 1. The number of carbonyl (C=O) groups excluding carboxylic acids is 2. The van der Waals surface area contributed by atoms with Gasteiger partial charge in [-0.2, -0.15) is 0 Å². The van der Waals surface area contributed by atoms with E-state index < -0.39 is 6.04 Å². The predicted molar refractivity (Wildman–Crippen MR) is 137 cm³/mol. The van der Waals surface area contributed by atoms with E-state index in [-0.39, 0.29) is 17.4 Å². The molecule has 0 aromatic heterocycles. The van der Waals surface area contributed by atoms with Crippen LogP contribution in [-0.4, -0.2) is 41.2 Å². The van der Waals surface area contributed by atoms with Gasteiger partial charge in [0, 0.05) is 28.4 Å². The minimum atomic E-state index is -0.525. The first-order valence-corrected chi connectivity index (χ1v) is 12.6. The molecule has 0 saturated carbocycles. The van der Waals surface area contributed by atoms with E-state index in [0.717, 1.165) is 28.4 Å². The fourth-order valence-corrected chi connectivity index (χ4v) is 4.37. The molecule has 33 heavy (non-hydrogen) atoms. The van der Waals surface area contributed by atoms with Crippen molar-refractivity contribution in [3.63, 3.8) is 0 Å². The van der Waals surface area contributed by atoms with Crippen LogP contribution in [0.15, 0.2) is 53.4 Å². The van der Waals surface area contributed by atoms with Gasteiger partial charge in [0.05, 0.1) is 7.11 Å². The Morgan fingerprint density at radius 3 is 2.27 bits per heavy atom. The first-order chi connectivity index (χ1) is 15.6. The van der Waals surface area contributed by atoms with Crippen molar-refractivity contribution in [2.75, 3.05) is 12.9 Å². The number of amides is 2. The molecule has 0 spiro atoms. The molecule has 2 amide bonds. The molecule has 0 aliphatic heterocycles. The van der Waals surface area contributed by atoms with Crippen molar-refractivity contribution >= 4 is 35.2 Å². The lowest BCUT2D eigenvalue weighted by molar-refractivity contribution is -0.142. The summed E-state index contributed by atoms with van der Waals surface area (Å²) >= 11 is 7.64. The number of halogens is 1.